The fourth-order valence-corrected chi connectivity index (χ4v) is 4.80. The molecule has 1 saturated heterocycles. The van der Waals surface area contributed by atoms with E-state index in [0.29, 0.717) is 18.6 Å². The lowest BCUT2D eigenvalue weighted by atomic mass is 9.78. The highest BCUT2D eigenvalue weighted by Crippen LogP contribution is 2.29. The quantitative estimate of drug-likeness (QED) is 0.510. The third-order valence-corrected chi connectivity index (χ3v) is 6.03. The van der Waals surface area contributed by atoms with Crippen molar-refractivity contribution in [1.82, 2.24) is 4.90 Å². The molecule has 1 unspecified atom stereocenters. The van der Waals surface area contributed by atoms with E-state index in [-0.39, 0.29) is 22.7 Å². The maximum absolute atomic E-state index is 12.7. The van der Waals surface area contributed by atoms with E-state index in [4.69, 9.17) is 0 Å². The van der Waals surface area contributed by atoms with Crippen molar-refractivity contribution in [3.05, 3.63) is 39.4 Å². The van der Waals surface area contributed by atoms with Crippen molar-refractivity contribution in [3.8, 4) is 0 Å². The van der Waals surface area contributed by atoms with Gasteiger partial charge in [-0.1, -0.05) is 6.42 Å². The summed E-state index contributed by atoms with van der Waals surface area (Å²) in [5.74, 6) is -0.0109. The normalized spacial score (nSPS) is 28.6. The fourth-order valence-electron chi connectivity index (χ4n) is 4.80. The number of hydrogen-bond acceptors (Lipinski definition) is 4. The second-order valence-electron chi connectivity index (χ2n) is 7.38. The molecule has 2 heterocycles. The molecule has 1 saturated carbocycles. The zero-order valence-corrected chi connectivity index (χ0v) is 14.1. The van der Waals surface area contributed by atoms with Gasteiger partial charge in [0.05, 0.1) is 28.6 Å². The summed E-state index contributed by atoms with van der Waals surface area (Å²) in [6, 6.07) is 4.45. The second kappa shape index (κ2) is 6.22. The molecule has 132 valence electrons. The molecule has 2 fully saturated rings. The Kier molecular flexibility index (Phi) is 4.03. The van der Waals surface area contributed by atoms with E-state index < -0.39 is 10.8 Å². The number of imide groups is 1. The summed E-state index contributed by atoms with van der Waals surface area (Å²) in [4.78, 5) is 38.3. The molecule has 0 radical (unpaired) electrons. The summed E-state index contributed by atoms with van der Waals surface area (Å²) in [7, 11) is 0. The van der Waals surface area contributed by atoms with E-state index in [9.17, 15) is 19.7 Å². The first kappa shape index (κ1) is 16.2. The molecule has 2 amide bonds. The molecule has 7 heteroatoms. The Morgan fingerprint density at radius 2 is 1.80 bits per heavy atom. The van der Waals surface area contributed by atoms with Crippen LogP contribution >= 0.6 is 0 Å². The summed E-state index contributed by atoms with van der Waals surface area (Å²) in [5.41, 5.74) is 0.294. The number of carbonyl (C=O) groups is 2. The number of rotatable bonds is 3. The molecule has 1 N–H and O–H groups in total. The lowest BCUT2D eigenvalue weighted by Crippen LogP contribution is -3.19. The summed E-state index contributed by atoms with van der Waals surface area (Å²) >= 11 is 0. The first-order valence-electron chi connectivity index (χ1n) is 9.05. The van der Waals surface area contributed by atoms with Crippen LogP contribution in [0.15, 0.2) is 18.2 Å². The van der Waals surface area contributed by atoms with Gasteiger partial charge in [-0.3, -0.25) is 19.7 Å². The van der Waals surface area contributed by atoms with Crippen LogP contribution in [0.3, 0.4) is 0 Å². The Morgan fingerprint density at radius 3 is 2.60 bits per heavy atom. The molecular formula is C18H22N3O4+. The highest BCUT2D eigenvalue weighted by Gasteiger charge is 2.43. The minimum atomic E-state index is -0.538. The zero-order chi connectivity index (χ0) is 17.6. The number of nitrogens with one attached hydrogen (secondary N) is 1. The Labute approximate surface area is 145 Å². The predicted octanol–water partition coefficient (Wildman–Crippen LogP) is 1.39. The van der Waals surface area contributed by atoms with Crippen LogP contribution in [0, 0.1) is 16.0 Å². The Balaban J connectivity index is 1.56. The first-order chi connectivity index (χ1) is 12.1. The number of carbonyl (C=O) groups excluding carboxylic acids is 2. The monoisotopic (exact) mass is 344 g/mol. The number of piperidine rings is 1. The van der Waals surface area contributed by atoms with Crippen molar-refractivity contribution in [2.45, 2.75) is 44.6 Å². The number of nitro groups is 1. The number of likely N-dealkylation sites (tertiary alicyclic amines) is 1. The van der Waals surface area contributed by atoms with E-state index in [0.717, 1.165) is 19.4 Å². The maximum Gasteiger partial charge on any atom is 0.270 e. The summed E-state index contributed by atoms with van der Waals surface area (Å²) in [5, 5.41) is 10.9. The van der Waals surface area contributed by atoms with Gasteiger partial charge in [-0.25, -0.2) is 4.90 Å². The minimum Gasteiger partial charge on any atom is -0.315 e. The molecule has 0 aromatic heterocycles. The van der Waals surface area contributed by atoms with Gasteiger partial charge < -0.3 is 4.90 Å². The van der Waals surface area contributed by atoms with Crippen molar-refractivity contribution < 1.29 is 19.4 Å². The number of hydrogen-bond donors (Lipinski definition) is 1. The third kappa shape index (κ3) is 2.72. The molecule has 25 heavy (non-hydrogen) atoms. The van der Waals surface area contributed by atoms with Crippen LogP contribution in [-0.2, 0) is 0 Å². The Hall–Kier alpha value is -2.28. The maximum atomic E-state index is 12.7. The number of amides is 2. The van der Waals surface area contributed by atoms with Crippen LogP contribution in [0.2, 0.25) is 0 Å². The highest BCUT2D eigenvalue weighted by atomic mass is 16.6. The van der Waals surface area contributed by atoms with Crippen molar-refractivity contribution in [1.29, 1.82) is 0 Å². The molecule has 1 aliphatic carbocycles. The van der Waals surface area contributed by atoms with Gasteiger partial charge in [-0.2, -0.15) is 0 Å². The van der Waals surface area contributed by atoms with Gasteiger partial charge in [0.2, 0.25) is 0 Å². The Morgan fingerprint density at radius 1 is 1.08 bits per heavy atom. The summed E-state index contributed by atoms with van der Waals surface area (Å²) in [6.07, 6.45) is 7.30. The second-order valence-corrected chi connectivity index (χ2v) is 7.38. The molecule has 1 aromatic rings. The number of non-ortho nitro benzene ring substituents is 1. The molecule has 3 aliphatic rings. The minimum absolute atomic E-state index is 0.153. The van der Waals surface area contributed by atoms with Crippen LogP contribution in [0.1, 0.15) is 59.2 Å². The van der Waals surface area contributed by atoms with Crippen molar-refractivity contribution in [2.24, 2.45) is 5.92 Å². The number of quaternary nitrogens is 1. The topological polar surface area (TPSA) is 85.0 Å². The van der Waals surface area contributed by atoms with E-state index in [2.05, 4.69) is 0 Å². The average Bonchev–Trinajstić information content (AvgIpc) is 2.86. The summed E-state index contributed by atoms with van der Waals surface area (Å²) in [6.45, 7) is 1.36. The SMILES string of the molecule is O=C1c2ccc([N+](=O)[O-])cc2C(=O)N1C[NH+]1CCC[C@H]2CCCC[C@@H]21. The van der Waals surface area contributed by atoms with Gasteiger partial charge in [0.25, 0.3) is 17.5 Å². The molecule has 0 spiro atoms. The van der Waals surface area contributed by atoms with E-state index in [1.54, 1.807) is 0 Å². The van der Waals surface area contributed by atoms with Crippen molar-refractivity contribution in [3.63, 3.8) is 0 Å². The van der Waals surface area contributed by atoms with Crippen molar-refractivity contribution >= 4 is 17.5 Å². The van der Waals surface area contributed by atoms with Gasteiger partial charge in [0.15, 0.2) is 6.67 Å². The lowest BCUT2D eigenvalue weighted by Gasteiger charge is -2.42. The highest BCUT2D eigenvalue weighted by molar-refractivity contribution is 6.21. The van der Waals surface area contributed by atoms with Crippen LogP contribution in [0.4, 0.5) is 5.69 Å². The lowest BCUT2D eigenvalue weighted by molar-refractivity contribution is -0.942. The molecule has 3 atom stereocenters. The van der Waals surface area contributed by atoms with Crippen LogP contribution < -0.4 is 4.90 Å². The molecule has 7 nitrogen and oxygen atoms in total. The van der Waals surface area contributed by atoms with E-state index in [1.165, 1.54) is 53.7 Å². The number of benzene rings is 1. The smallest absolute Gasteiger partial charge is 0.270 e. The summed E-state index contributed by atoms with van der Waals surface area (Å²) < 4.78 is 0. The number of fused-ring (bicyclic) bond motifs is 2. The third-order valence-electron chi connectivity index (χ3n) is 6.03. The molecule has 2 aliphatic heterocycles. The van der Waals surface area contributed by atoms with Gasteiger partial charge >= 0.3 is 0 Å². The predicted molar refractivity (Wildman–Crippen MR) is 89.3 cm³/mol. The van der Waals surface area contributed by atoms with E-state index in [1.807, 2.05) is 0 Å². The van der Waals surface area contributed by atoms with Crippen LogP contribution in [-0.4, -0.2) is 40.9 Å². The van der Waals surface area contributed by atoms with E-state index >= 15 is 0 Å². The Bertz CT molecular complexity index is 746. The van der Waals surface area contributed by atoms with Gasteiger partial charge in [-0.05, 0) is 38.2 Å². The molecule has 0 bridgehead atoms. The largest absolute Gasteiger partial charge is 0.315 e. The number of nitrogens with zero attached hydrogens (tertiary/aromatic N) is 2. The first-order valence-corrected chi connectivity index (χ1v) is 9.05. The van der Waals surface area contributed by atoms with Crippen LogP contribution in [0.5, 0.6) is 0 Å². The number of nitro benzene ring substituents is 1. The van der Waals surface area contributed by atoms with Crippen LogP contribution in [0.25, 0.3) is 0 Å². The van der Waals surface area contributed by atoms with Gasteiger partial charge in [-0.15, -0.1) is 0 Å². The van der Waals surface area contributed by atoms with Gasteiger partial charge in [0.1, 0.15) is 0 Å². The van der Waals surface area contributed by atoms with Gasteiger partial charge in [0, 0.05) is 18.1 Å². The molecule has 1 aromatic carbocycles. The standard InChI is InChI=1S/C18H21N3O4/c22-17-14-8-7-13(21(24)25)10-15(14)18(23)20(17)11-19-9-3-5-12-4-1-2-6-16(12)19/h7-8,10,12,16H,1-6,9,11H2/p+1/t12-,16+/m1/s1. The molecular weight excluding hydrogens is 322 g/mol. The zero-order valence-electron chi connectivity index (χ0n) is 14.1. The van der Waals surface area contributed by atoms with Crippen molar-refractivity contribution in [2.75, 3.05) is 13.2 Å². The molecule has 4 rings (SSSR count). The average molecular weight is 344 g/mol. The fraction of sp³-hybridized carbons (Fsp3) is 0.556.